The van der Waals surface area contributed by atoms with Gasteiger partial charge in [0.05, 0.1) is 10.6 Å². The molecule has 0 bridgehead atoms. The maximum absolute atomic E-state index is 13.8. The molecule has 3 aromatic carbocycles. The smallest absolute Gasteiger partial charge is 0.264 e. The summed E-state index contributed by atoms with van der Waals surface area (Å²) in [6.07, 6.45) is 0. The van der Waals surface area contributed by atoms with E-state index in [1.54, 1.807) is 68.4 Å². The summed E-state index contributed by atoms with van der Waals surface area (Å²) in [7, 11) is -2.65. The topological polar surface area (TPSA) is 86.8 Å². The number of carbonyl (C=O) groups is 2. The Balaban J connectivity index is 2.06. The first-order valence-electron chi connectivity index (χ1n) is 11.6. The molecule has 0 aliphatic heterocycles. The zero-order chi connectivity index (χ0) is 27.3. The highest BCUT2D eigenvalue weighted by Gasteiger charge is 2.33. The maximum atomic E-state index is 13.8. The van der Waals surface area contributed by atoms with Crippen LogP contribution in [0.15, 0.2) is 71.6 Å². The number of anilines is 1. The minimum Gasteiger partial charge on any atom is -0.357 e. The summed E-state index contributed by atoms with van der Waals surface area (Å²) >= 11 is 12.4. The molecular weight excluding hydrogens is 533 g/mol. The second-order valence-corrected chi connectivity index (χ2v) is 11.4. The molecule has 1 atom stereocenters. The summed E-state index contributed by atoms with van der Waals surface area (Å²) in [6.45, 7) is 4.67. The van der Waals surface area contributed by atoms with Crippen LogP contribution in [0, 0.1) is 13.8 Å². The number of benzene rings is 3. The molecule has 0 heterocycles. The zero-order valence-electron chi connectivity index (χ0n) is 21.0. The molecular formula is C27H29Cl2N3O4S. The first kappa shape index (κ1) is 28.5. The van der Waals surface area contributed by atoms with Gasteiger partial charge in [-0.3, -0.25) is 13.9 Å². The number of hydrogen-bond acceptors (Lipinski definition) is 4. The number of para-hydroxylation sites is 1. The van der Waals surface area contributed by atoms with E-state index in [4.69, 9.17) is 23.2 Å². The highest BCUT2D eigenvalue weighted by atomic mass is 35.5. The lowest BCUT2D eigenvalue weighted by atomic mass is 10.1. The molecule has 7 nitrogen and oxygen atoms in total. The Bertz CT molecular complexity index is 1400. The number of carbonyl (C=O) groups excluding carboxylic acids is 2. The number of rotatable bonds is 9. The van der Waals surface area contributed by atoms with Gasteiger partial charge in [-0.25, -0.2) is 8.42 Å². The van der Waals surface area contributed by atoms with E-state index in [2.05, 4.69) is 5.32 Å². The summed E-state index contributed by atoms with van der Waals surface area (Å²) in [5.74, 6) is -0.969. The molecule has 37 heavy (non-hydrogen) atoms. The lowest BCUT2D eigenvalue weighted by molar-refractivity contribution is -0.139. The Morgan fingerprint density at radius 3 is 2.22 bits per heavy atom. The van der Waals surface area contributed by atoms with Crippen molar-refractivity contribution in [2.24, 2.45) is 0 Å². The SMILES string of the molecule is CNC(=O)C(C)N(Cc1ccc(Cl)cc1Cl)C(=O)CN(c1ccccc1C)S(=O)(=O)c1ccc(C)cc1. The van der Waals surface area contributed by atoms with Crippen LogP contribution in [0.4, 0.5) is 5.69 Å². The summed E-state index contributed by atoms with van der Waals surface area (Å²) in [4.78, 5) is 27.7. The minimum absolute atomic E-state index is 0.0182. The van der Waals surface area contributed by atoms with Gasteiger partial charge in [-0.15, -0.1) is 0 Å². The number of amides is 2. The predicted molar refractivity (Wildman–Crippen MR) is 147 cm³/mol. The molecule has 0 fully saturated rings. The highest BCUT2D eigenvalue weighted by molar-refractivity contribution is 7.92. The normalized spacial score (nSPS) is 12.1. The molecule has 1 unspecified atom stereocenters. The Hall–Kier alpha value is -3.07. The van der Waals surface area contributed by atoms with Crippen molar-refractivity contribution < 1.29 is 18.0 Å². The number of nitrogens with one attached hydrogen (secondary N) is 1. The number of halogens is 2. The molecule has 0 radical (unpaired) electrons. The van der Waals surface area contributed by atoms with Crippen molar-refractivity contribution in [1.29, 1.82) is 0 Å². The average molecular weight is 563 g/mol. The number of nitrogens with zero attached hydrogens (tertiary/aromatic N) is 2. The summed E-state index contributed by atoms with van der Waals surface area (Å²) in [5, 5.41) is 3.31. The van der Waals surface area contributed by atoms with E-state index in [1.165, 1.54) is 24.1 Å². The van der Waals surface area contributed by atoms with Crippen molar-refractivity contribution in [3.8, 4) is 0 Å². The van der Waals surface area contributed by atoms with Crippen molar-refractivity contribution in [1.82, 2.24) is 10.2 Å². The van der Waals surface area contributed by atoms with Crippen molar-refractivity contribution in [2.75, 3.05) is 17.9 Å². The first-order valence-corrected chi connectivity index (χ1v) is 13.7. The van der Waals surface area contributed by atoms with Gasteiger partial charge in [-0.05, 0) is 62.2 Å². The van der Waals surface area contributed by atoms with Crippen LogP contribution in [0.1, 0.15) is 23.6 Å². The molecule has 0 aliphatic carbocycles. The molecule has 3 aromatic rings. The van der Waals surface area contributed by atoms with Gasteiger partial charge in [0.1, 0.15) is 12.6 Å². The number of likely N-dealkylation sites (N-methyl/N-ethyl adjacent to an activating group) is 1. The van der Waals surface area contributed by atoms with Crippen LogP contribution < -0.4 is 9.62 Å². The van der Waals surface area contributed by atoms with Gasteiger partial charge >= 0.3 is 0 Å². The summed E-state index contributed by atoms with van der Waals surface area (Å²) in [6, 6.07) is 17.3. The molecule has 1 N–H and O–H groups in total. The van der Waals surface area contributed by atoms with E-state index in [1.807, 2.05) is 6.92 Å². The van der Waals surface area contributed by atoms with Crippen LogP contribution in [0.25, 0.3) is 0 Å². The minimum atomic E-state index is -4.12. The fourth-order valence-corrected chi connectivity index (χ4v) is 5.77. The van der Waals surface area contributed by atoms with E-state index >= 15 is 0 Å². The molecule has 196 valence electrons. The van der Waals surface area contributed by atoms with Crippen LogP contribution in [0.5, 0.6) is 0 Å². The molecule has 10 heteroatoms. The molecule has 0 aromatic heterocycles. The van der Waals surface area contributed by atoms with Gasteiger partial charge in [0, 0.05) is 23.6 Å². The fourth-order valence-electron chi connectivity index (χ4n) is 3.82. The number of hydrogen-bond donors (Lipinski definition) is 1. The van der Waals surface area contributed by atoms with Crippen LogP contribution >= 0.6 is 23.2 Å². The molecule has 3 rings (SSSR count). The molecule has 0 spiro atoms. The zero-order valence-corrected chi connectivity index (χ0v) is 23.4. The van der Waals surface area contributed by atoms with Crippen molar-refractivity contribution in [3.63, 3.8) is 0 Å². The Morgan fingerprint density at radius 2 is 1.62 bits per heavy atom. The third-order valence-corrected chi connectivity index (χ3v) is 8.40. The van der Waals surface area contributed by atoms with Crippen LogP contribution in [0.3, 0.4) is 0 Å². The molecule has 2 amide bonds. The number of sulfonamides is 1. The van der Waals surface area contributed by atoms with E-state index in [9.17, 15) is 18.0 Å². The molecule has 0 saturated heterocycles. The largest absolute Gasteiger partial charge is 0.357 e. The van der Waals surface area contributed by atoms with Crippen LogP contribution in [-0.4, -0.2) is 44.8 Å². The second kappa shape index (κ2) is 12.0. The van der Waals surface area contributed by atoms with Gasteiger partial charge < -0.3 is 10.2 Å². The van der Waals surface area contributed by atoms with Gasteiger partial charge in [-0.2, -0.15) is 0 Å². The van der Waals surface area contributed by atoms with E-state index in [0.29, 0.717) is 26.9 Å². The Morgan fingerprint density at radius 1 is 0.973 bits per heavy atom. The summed E-state index contributed by atoms with van der Waals surface area (Å²) < 4.78 is 28.7. The van der Waals surface area contributed by atoms with E-state index in [-0.39, 0.29) is 11.4 Å². The van der Waals surface area contributed by atoms with Crippen molar-refractivity contribution >= 4 is 50.7 Å². The van der Waals surface area contributed by atoms with Gasteiger partial charge in [0.25, 0.3) is 10.0 Å². The predicted octanol–water partition coefficient (Wildman–Crippen LogP) is 4.97. The van der Waals surface area contributed by atoms with Crippen LogP contribution in [0.2, 0.25) is 10.0 Å². The lowest BCUT2D eigenvalue weighted by Crippen LogP contribution is -2.50. The van der Waals surface area contributed by atoms with Crippen molar-refractivity contribution in [2.45, 2.75) is 38.3 Å². The molecule has 0 aliphatic rings. The van der Waals surface area contributed by atoms with E-state index < -0.39 is 34.4 Å². The molecule has 0 saturated carbocycles. The quantitative estimate of drug-likeness (QED) is 0.399. The lowest BCUT2D eigenvalue weighted by Gasteiger charge is -2.32. The van der Waals surface area contributed by atoms with E-state index in [0.717, 1.165) is 9.87 Å². The van der Waals surface area contributed by atoms with Gasteiger partial charge in [-0.1, -0.05) is 65.2 Å². The van der Waals surface area contributed by atoms with Crippen molar-refractivity contribution in [3.05, 3.63) is 93.5 Å². The second-order valence-electron chi connectivity index (χ2n) is 8.66. The van der Waals surface area contributed by atoms with Crippen LogP contribution in [-0.2, 0) is 26.2 Å². The highest BCUT2D eigenvalue weighted by Crippen LogP contribution is 2.28. The Kier molecular flexibility index (Phi) is 9.23. The number of aryl methyl sites for hydroxylation is 2. The maximum Gasteiger partial charge on any atom is 0.264 e. The van der Waals surface area contributed by atoms with Gasteiger partial charge in [0.15, 0.2) is 0 Å². The third-order valence-electron chi connectivity index (χ3n) is 6.04. The third kappa shape index (κ3) is 6.63. The Labute approximate surface area is 228 Å². The van der Waals surface area contributed by atoms with Gasteiger partial charge in [0.2, 0.25) is 11.8 Å². The monoisotopic (exact) mass is 561 g/mol. The first-order chi connectivity index (χ1) is 17.4. The fraction of sp³-hybridized carbons (Fsp3) is 0.259. The average Bonchev–Trinajstić information content (AvgIpc) is 2.86. The summed E-state index contributed by atoms with van der Waals surface area (Å²) in [5.41, 5.74) is 2.52. The standard InChI is InChI=1S/C27H29Cl2N3O4S/c1-18-9-13-23(14-10-18)37(35,36)32(25-8-6-5-7-19(25)2)17-26(33)31(20(3)27(34)30-4)16-21-11-12-22(28)15-24(21)29/h5-15,20H,16-17H2,1-4H3,(H,30,34).